The lowest BCUT2D eigenvalue weighted by Gasteiger charge is -2.17. The number of nitrogens with zero attached hydrogens (tertiary/aromatic N) is 5. The van der Waals surface area contributed by atoms with Crippen molar-refractivity contribution in [3.63, 3.8) is 0 Å². The Balaban J connectivity index is 1.61. The predicted molar refractivity (Wildman–Crippen MR) is 175 cm³/mol. The first-order valence-corrected chi connectivity index (χ1v) is 15.2. The number of benzene rings is 2. The second-order valence-corrected chi connectivity index (χ2v) is 11.2. The van der Waals surface area contributed by atoms with Gasteiger partial charge in [-0.05, 0) is 31.2 Å². The zero-order chi connectivity index (χ0) is 34.2. The standard InChI is InChI=1S/C32H20F2N8O6S/c1-15-20-13-17(30(46)41-32-37-11-12-49-32)28(48-24(45)8-7-23(44)47-20)25(15)26-16-5-6-22(43)42(27-18(33)3-2-4-19(27)34)29(16)40-31(39-26)38-14-21-35-9-10-36-21/h2-13H,14H2,1H3,(H,35,36)(H,37,41,46)(H,38,39,40). The first-order chi connectivity index (χ1) is 23.7. The van der Waals surface area contributed by atoms with Crippen LogP contribution in [0.3, 0.4) is 0 Å². The number of aryl methyl sites for hydroxylation is 1. The number of pyridine rings is 1. The molecule has 0 saturated carbocycles. The van der Waals surface area contributed by atoms with Crippen molar-refractivity contribution in [2.45, 2.75) is 13.5 Å². The van der Waals surface area contributed by atoms with Crippen molar-refractivity contribution in [2.24, 2.45) is 0 Å². The number of carbonyl (C=O) groups is 1. The molecular weight excluding hydrogens is 662 g/mol. The minimum Gasteiger partial charge on any atom is -0.423 e. The number of imidazole rings is 1. The molecular formula is C32H20F2N8O6S. The largest absolute Gasteiger partial charge is 0.423 e. The van der Waals surface area contributed by atoms with Crippen LogP contribution in [-0.2, 0) is 6.54 Å². The number of anilines is 2. The molecule has 14 nitrogen and oxygen atoms in total. The summed E-state index contributed by atoms with van der Waals surface area (Å²) >= 11 is 1.13. The normalized spacial score (nSPS) is 11.2. The third-order valence-corrected chi connectivity index (χ3v) is 7.96. The highest BCUT2D eigenvalue weighted by molar-refractivity contribution is 7.13. The fourth-order valence-corrected chi connectivity index (χ4v) is 5.65. The van der Waals surface area contributed by atoms with Gasteiger partial charge in [0.1, 0.15) is 28.7 Å². The lowest BCUT2D eigenvalue weighted by atomic mass is 9.97. The van der Waals surface area contributed by atoms with Gasteiger partial charge in [0.25, 0.3) is 11.5 Å². The van der Waals surface area contributed by atoms with E-state index in [1.54, 1.807) is 11.6 Å². The van der Waals surface area contributed by atoms with Crippen LogP contribution in [0.2, 0.25) is 0 Å². The number of carbonyl (C=O) groups excluding carboxylic acids is 1. The van der Waals surface area contributed by atoms with Crippen LogP contribution < -0.4 is 27.4 Å². The molecule has 0 aliphatic carbocycles. The van der Waals surface area contributed by atoms with Gasteiger partial charge in [0, 0.05) is 53.1 Å². The van der Waals surface area contributed by atoms with Crippen LogP contribution in [0.1, 0.15) is 21.7 Å². The summed E-state index contributed by atoms with van der Waals surface area (Å²) in [6.45, 7) is 1.58. The Bertz CT molecular complexity index is 2600. The van der Waals surface area contributed by atoms with E-state index in [-0.39, 0.29) is 62.2 Å². The quantitative estimate of drug-likeness (QED) is 0.211. The van der Waals surface area contributed by atoms with Gasteiger partial charge >= 0.3 is 11.3 Å². The van der Waals surface area contributed by atoms with Crippen LogP contribution in [0.5, 0.6) is 0 Å². The maximum absolute atomic E-state index is 15.2. The van der Waals surface area contributed by atoms with Crippen LogP contribution in [-0.4, -0.2) is 35.4 Å². The van der Waals surface area contributed by atoms with Crippen molar-refractivity contribution >= 4 is 50.5 Å². The summed E-state index contributed by atoms with van der Waals surface area (Å²) in [7, 11) is 0. The Kier molecular flexibility index (Phi) is 7.93. The van der Waals surface area contributed by atoms with Crippen molar-refractivity contribution in [3.8, 4) is 16.9 Å². The number of amides is 1. The number of aromatic nitrogens is 6. The van der Waals surface area contributed by atoms with Crippen LogP contribution in [0.25, 0.3) is 39.1 Å². The predicted octanol–water partition coefficient (Wildman–Crippen LogP) is 4.70. The van der Waals surface area contributed by atoms with E-state index in [0.29, 0.717) is 5.82 Å². The van der Waals surface area contributed by atoms with Crippen molar-refractivity contribution in [1.82, 2.24) is 29.5 Å². The Morgan fingerprint density at radius 2 is 1.76 bits per heavy atom. The number of para-hydroxylation sites is 1. The lowest BCUT2D eigenvalue weighted by Crippen LogP contribution is -2.22. The number of thiazole rings is 1. The molecule has 49 heavy (non-hydrogen) atoms. The summed E-state index contributed by atoms with van der Waals surface area (Å²) < 4.78 is 42.4. The van der Waals surface area contributed by atoms with E-state index in [1.807, 2.05) is 0 Å². The molecule has 17 heteroatoms. The SMILES string of the molecule is Cc1c(-c2nc(NCc3ncc[nH]3)nc3c2ccc(=O)n3-c2c(F)cccc2F)c2oc(=O)ccc(=O)oc1cc2C(=O)Nc1nccs1. The summed E-state index contributed by atoms with van der Waals surface area (Å²) in [4.78, 5) is 73.0. The molecule has 0 atom stereocenters. The van der Waals surface area contributed by atoms with Crippen LogP contribution in [0.15, 0.2) is 95.7 Å². The Hall–Kier alpha value is -6.62. The third-order valence-electron chi connectivity index (χ3n) is 7.27. The minimum atomic E-state index is -1.05. The Labute approximate surface area is 275 Å². The molecule has 2 bridgehead atoms. The highest BCUT2D eigenvalue weighted by atomic mass is 32.1. The molecule has 244 valence electrons. The fourth-order valence-electron chi connectivity index (χ4n) is 5.12. The second-order valence-electron chi connectivity index (χ2n) is 10.3. The molecule has 0 aliphatic heterocycles. The van der Waals surface area contributed by atoms with Crippen molar-refractivity contribution in [1.29, 1.82) is 0 Å². The minimum absolute atomic E-state index is 0.0223. The molecule has 0 aliphatic rings. The molecule has 0 unspecified atom stereocenters. The zero-order valence-corrected chi connectivity index (χ0v) is 25.8. The molecule has 8 aromatic rings. The summed E-state index contributed by atoms with van der Waals surface area (Å²) in [6, 6.07) is 8.42. The van der Waals surface area contributed by atoms with E-state index < -0.39 is 40.0 Å². The Morgan fingerprint density at radius 1 is 0.980 bits per heavy atom. The lowest BCUT2D eigenvalue weighted by molar-refractivity contribution is 0.102. The fraction of sp³-hybridized carbons (Fsp3) is 0.0625. The maximum atomic E-state index is 15.2. The van der Waals surface area contributed by atoms with Crippen LogP contribution in [0.4, 0.5) is 19.9 Å². The molecule has 0 radical (unpaired) electrons. The first kappa shape index (κ1) is 31.0. The number of rotatable bonds is 7. The molecule has 0 spiro atoms. The van der Waals surface area contributed by atoms with E-state index in [9.17, 15) is 19.2 Å². The van der Waals surface area contributed by atoms with Gasteiger partial charge < -0.3 is 19.1 Å². The topological polar surface area (TPSA) is 191 Å². The number of hydrogen-bond acceptors (Lipinski definition) is 12. The van der Waals surface area contributed by atoms with E-state index >= 15 is 8.78 Å². The molecule has 2 aromatic carbocycles. The van der Waals surface area contributed by atoms with Gasteiger partial charge in [-0.15, -0.1) is 11.3 Å². The van der Waals surface area contributed by atoms with Gasteiger partial charge in [-0.25, -0.2) is 33.3 Å². The van der Waals surface area contributed by atoms with Gasteiger partial charge in [0.05, 0.1) is 23.4 Å². The number of H-pyrrole nitrogens is 1. The van der Waals surface area contributed by atoms with Gasteiger partial charge in [-0.3, -0.25) is 19.5 Å². The average Bonchev–Trinajstić information content (AvgIpc) is 3.79. The van der Waals surface area contributed by atoms with Gasteiger partial charge in [0.15, 0.2) is 16.4 Å². The van der Waals surface area contributed by atoms with Gasteiger partial charge in [0.2, 0.25) is 5.95 Å². The van der Waals surface area contributed by atoms with E-state index in [2.05, 4.69) is 35.6 Å². The van der Waals surface area contributed by atoms with Gasteiger partial charge in [-0.1, -0.05) is 6.07 Å². The molecule has 8 rings (SSSR count). The number of nitrogens with one attached hydrogen (secondary N) is 3. The summed E-state index contributed by atoms with van der Waals surface area (Å²) in [5.41, 5.74) is -4.27. The number of fused-ring (bicyclic) bond motifs is 8. The van der Waals surface area contributed by atoms with Gasteiger partial charge in [-0.2, -0.15) is 4.98 Å². The highest BCUT2D eigenvalue weighted by Crippen LogP contribution is 2.37. The zero-order valence-electron chi connectivity index (χ0n) is 25.0. The van der Waals surface area contributed by atoms with E-state index in [4.69, 9.17) is 8.83 Å². The van der Waals surface area contributed by atoms with Crippen molar-refractivity contribution in [3.05, 3.63) is 132 Å². The van der Waals surface area contributed by atoms with E-state index in [0.717, 1.165) is 52.3 Å². The molecule has 3 N–H and O–H groups in total. The Morgan fingerprint density at radius 3 is 2.47 bits per heavy atom. The summed E-state index contributed by atoms with van der Waals surface area (Å²) in [6.07, 6.45) is 4.59. The maximum Gasteiger partial charge on any atom is 0.336 e. The summed E-state index contributed by atoms with van der Waals surface area (Å²) in [5.74, 6) is -2.54. The van der Waals surface area contributed by atoms with E-state index in [1.165, 1.54) is 31.5 Å². The number of halogens is 2. The summed E-state index contributed by atoms with van der Waals surface area (Å²) in [5, 5.41) is 7.50. The monoisotopic (exact) mass is 682 g/mol. The first-order valence-electron chi connectivity index (χ1n) is 14.3. The molecule has 6 heterocycles. The molecule has 6 aromatic heterocycles. The smallest absolute Gasteiger partial charge is 0.336 e. The van der Waals surface area contributed by atoms with Crippen molar-refractivity contribution < 1.29 is 22.4 Å². The van der Waals surface area contributed by atoms with Crippen molar-refractivity contribution in [2.75, 3.05) is 10.6 Å². The van der Waals surface area contributed by atoms with Crippen LogP contribution in [0, 0.1) is 18.6 Å². The molecule has 0 saturated heterocycles. The molecule has 0 fully saturated rings. The third kappa shape index (κ3) is 5.89. The highest BCUT2D eigenvalue weighted by Gasteiger charge is 2.26. The second kappa shape index (κ2) is 12.5. The average molecular weight is 683 g/mol. The number of aromatic amines is 1. The van der Waals surface area contributed by atoms with Crippen LogP contribution >= 0.6 is 11.3 Å². The molecule has 1 amide bonds. The number of hydrogen-bond donors (Lipinski definition) is 3.